The number of benzene rings is 2. The lowest BCUT2D eigenvalue weighted by molar-refractivity contribution is 0.0945. The summed E-state index contributed by atoms with van der Waals surface area (Å²) in [5.41, 5.74) is 3.67. The molecule has 0 heterocycles. The Morgan fingerprint density at radius 2 is 1.65 bits per heavy atom. The van der Waals surface area contributed by atoms with Crippen LogP contribution < -0.4 is 15.0 Å². The summed E-state index contributed by atoms with van der Waals surface area (Å²) in [5, 5.41) is 0. The summed E-state index contributed by atoms with van der Waals surface area (Å²) in [4.78, 5) is 14.1. The van der Waals surface area contributed by atoms with Crippen LogP contribution in [0.1, 0.15) is 22.8 Å². The van der Waals surface area contributed by atoms with Crippen LogP contribution in [0, 0.1) is 0 Å². The van der Waals surface area contributed by atoms with Crippen molar-refractivity contribution in [2.45, 2.75) is 18.2 Å². The monoisotopic (exact) mass is 334 g/mol. The van der Waals surface area contributed by atoms with E-state index in [9.17, 15) is 13.2 Å². The average Bonchev–Trinajstić information content (AvgIpc) is 2.60. The van der Waals surface area contributed by atoms with Crippen molar-refractivity contribution >= 4 is 15.9 Å². The number of carbonyl (C=O) groups is 1. The number of hydrogen-bond donors (Lipinski definition) is 2. The predicted octanol–water partition coefficient (Wildman–Crippen LogP) is 1.88. The van der Waals surface area contributed by atoms with Crippen LogP contribution in [-0.4, -0.2) is 21.4 Å². The zero-order valence-corrected chi connectivity index (χ0v) is 13.7. The maximum Gasteiger partial charge on any atom is 0.266 e. The number of hydrazine groups is 1. The Hall–Kier alpha value is -2.38. The van der Waals surface area contributed by atoms with Crippen LogP contribution in [0.15, 0.2) is 53.4 Å². The molecule has 0 aliphatic rings. The number of methoxy groups -OCH3 is 1. The van der Waals surface area contributed by atoms with E-state index in [1.165, 1.54) is 31.4 Å². The number of nitrogens with one attached hydrogen (secondary N) is 2. The molecule has 7 heteroatoms. The van der Waals surface area contributed by atoms with Crippen molar-refractivity contribution in [2.24, 2.45) is 0 Å². The van der Waals surface area contributed by atoms with Crippen molar-refractivity contribution in [3.8, 4) is 5.75 Å². The van der Waals surface area contributed by atoms with E-state index in [1.54, 1.807) is 12.1 Å². The number of hydrogen-bond acceptors (Lipinski definition) is 4. The highest BCUT2D eigenvalue weighted by Crippen LogP contribution is 2.14. The van der Waals surface area contributed by atoms with Gasteiger partial charge < -0.3 is 4.74 Å². The van der Waals surface area contributed by atoms with E-state index < -0.39 is 15.9 Å². The van der Waals surface area contributed by atoms with Crippen molar-refractivity contribution in [3.63, 3.8) is 0 Å². The molecule has 0 atom stereocenters. The molecule has 0 unspecified atom stereocenters. The second kappa shape index (κ2) is 7.26. The van der Waals surface area contributed by atoms with Gasteiger partial charge in [0.05, 0.1) is 12.0 Å². The molecule has 2 aromatic carbocycles. The SMILES string of the molecule is CCc1ccc(C(=O)NNS(=O)(=O)c2ccc(OC)cc2)cc1. The summed E-state index contributed by atoms with van der Waals surface area (Å²) in [5.74, 6) is 0.0220. The summed E-state index contributed by atoms with van der Waals surface area (Å²) in [7, 11) is -2.35. The van der Waals surface area contributed by atoms with Crippen molar-refractivity contribution in [2.75, 3.05) is 7.11 Å². The lowest BCUT2D eigenvalue weighted by Crippen LogP contribution is -2.41. The highest BCUT2D eigenvalue weighted by Gasteiger charge is 2.15. The third-order valence-corrected chi connectivity index (χ3v) is 4.56. The maximum absolute atomic E-state index is 12.1. The maximum atomic E-state index is 12.1. The quantitative estimate of drug-likeness (QED) is 0.790. The van der Waals surface area contributed by atoms with Gasteiger partial charge in [0.25, 0.3) is 15.9 Å². The molecule has 0 saturated carbocycles. The van der Waals surface area contributed by atoms with Crippen molar-refractivity contribution < 1.29 is 17.9 Å². The van der Waals surface area contributed by atoms with Gasteiger partial charge in [-0.15, -0.1) is 4.83 Å². The van der Waals surface area contributed by atoms with Crippen LogP contribution in [0.5, 0.6) is 5.75 Å². The van der Waals surface area contributed by atoms with Gasteiger partial charge in [-0.05, 0) is 48.4 Å². The lowest BCUT2D eigenvalue weighted by Gasteiger charge is -2.09. The van der Waals surface area contributed by atoms with Gasteiger partial charge >= 0.3 is 0 Å². The molecule has 2 aromatic rings. The van der Waals surface area contributed by atoms with Gasteiger partial charge in [0.1, 0.15) is 5.75 Å². The molecule has 1 amide bonds. The van der Waals surface area contributed by atoms with Gasteiger partial charge in [-0.3, -0.25) is 10.2 Å². The first-order valence-electron chi connectivity index (χ1n) is 7.01. The molecule has 0 saturated heterocycles. The Kier molecular flexibility index (Phi) is 5.36. The van der Waals surface area contributed by atoms with Gasteiger partial charge in [0, 0.05) is 5.56 Å². The Labute approximate surface area is 135 Å². The van der Waals surface area contributed by atoms with E-state index in [4.69, 9.17) is 4.74 Å². The Morgan fingerprint density at radius 1 is 1.04 bits per heavy atom. The molecule has 0 aliphatic heterocycles. The number of amides is 1. The van der Waals surface area contributed by atoms with Crippen LogP contribution in [0.25, 0.3) is 0 Å². The molecule has 2 N–H and O–H groups in total. The van der Waals surface area contributed by atoms with Crippen LogP contribution >= 0.6 is 0 Å². The first-order valence-corrected chi connectivity index (χ1v) is 8.49. The summed E-state index contributed by atoms with van der Waals surface area (Å²) in [6.45, 7) is 2.01. The molecular formula is C16H18N2O4S. The predicted molar refractivity (Wildman–Crippen MR) is 86.6 cm³/mol. The number of aryl methyl sites for hydroxylation is 1. The molecule has 0 radical (unpaired) electrons. The van der Waals surface area contributed by atoms with E-state index in [0.29, 0.717) is 11.3 Å². The molecule has 0 aliphatic carbocycles. The number of rotatable bonds is 6. The Morgan fingerprint density at radius 3 is 2.17 bits per heavy atom. The summed E-state index contributed by atoms with van der Waals surface area (Å²) in [6.07, 6.45) is 0.867. The third-order valence-electron chi connectivity index (χ3n) is 3.29. The highest BCUT2D eigenvalue weighted by molar-refractivity contribution is 7.89. The number of sulfonamides is 1. The molecular weight excluding hydrogens is 316 g/mol. The molecule has 0 spiro atoms. The normalized spacial score (nSPS) is 11.0. The molecule has 0 bridgehead atoms. The van der Waals surface area contributed by atoms with E-state index in [1.807, 2.05) is 19.1 Å². The molecule has 23 heavy (non-hydrogen) atoms. The standard InChI is InChI=1S/C16H18N2O4S/c1-3-12-4-6-13(7-5-12)16(19)17-18-23(20,21)15-10-8-14(22-2)9-11-15/h4-11,18H,3H2,1-2H3,(H,17,19). The fourth-order valence-corrected chi connectivity index (χ4v) is 2.73. The van der Waals surface area contributed by atoms with Crippen LogP contribution in [0.4, 0.5) is 0 Å². The molecule has 6 nitrogen and oxygen atoms in total. The zero-order chi connectivity index (χ0) is 16.9. The van der Waals surface area contributed by atoms with Gasteiger partial charge in [0.2, 0.25) is 0 Å². The largest absolute Gasteiger partial charge is 0.497 e. The summed E-state index contributed by atoms with van der Waals surface area (Å²) < 4.78 is 29.2. The second-order valence-corrected chi connectivity index (χ2v) is 6.47. The van der Waals surface area contributed by atoms with Crippen LogP contribution in [0.3, 0.4) is 0 Å². The highest BCUT2D eigenvalue weighted by atomic mass is 32.2. The van der Waals surface area contributed by atoms with Gasteiger partial charge in [-0.25, -0.2) is 8.42 Å². The van der Waals surface area contributed by atoms with Crippen LogP contribution in [0.2, 0.25) is 0 Å². The molecule has 122 valence electrons. The number of carbonyl (C=O) groups excluding carboxylic acids is 1. The minimum Gasteiger partial charge on any atom is -0.497 e. The minimum absolute atomic E-state index is 0.0277. The fraction of sp³-hybridized carbons (Fsp3) is 0.188. The zero-order valence-electron chi connectivity index (χ0n) is 12.9. The van der Waals surface area contributed by atoms with E-state index in [-0.39, 0.29) is 4.90 Å². The van der Waals surface area contributed by atoms with E-state index in [0.717, 1.165) is 12.0 Å². The fourth-order valence-electron chi connectivity index (χ4n) is 1.89. The molecule has 0 fully saturated rings. The van der Waals surface area contributed by atoms with E-state index in [2.05, 4.69) is 10.3 Å². The van der Waals surface area contributed by atoms with Gasteiger partial charge in [-0.1, -0.05) is 19.1 Å². The van der Waals surface area contributed by atoms with Crippen molar-refractivity contribution in [1.82, 2.24) is 10.3 Å². The lowest BCUT2D eigenvalue weighted by atomic mass is 10.1. The Balaban J connectivity index is 2.03. The second-order valence-electron chi connectivity index (χ2n) is 4.79. The summed E-state index contributed by atoms with van der Waals surface area (Å²) >= 11 is 0. The van der Waals surface area contributed by atoms with E-state index >= 15 is 0 Å². The topological polar surface area (TPSA) is 84.5 Å². The van der Waals surface area contributed by atoms with Crippen molar-refractivity contribution in [1.29, 1.82) is 0 Å². The Bertz CT molecular complexity index is 769. The summed E-state index contributed by atoms with van der Waals surface area (Å²) in [6, 6.07) is 12.8. The third kappa shape index (κ3) is 4.30. The van der Waals surface area contributed by atoms with Gasteiger partial charge in [0.15, 0.2) is 0 Å². The number of ether oxygens (including phenoxy) is 1. The smallest absolute Gasteiger partial charge is 0.266 e. The molecule has 0 aromatic heterocycles. The van der Waals surface area contributed by atoms with Crippen molar-refractivity contribution in [3.05, 3.63) is 59.7 Å². The average molecular weight is 334 g/mol. The molecule has 2 rings (SSSR count). The van der Waals surface area contributed by atoms with Gasteiger partial charge in [-0.2, -0.15) is 0 Å². The first-order chi connectivity index (χ1) is 11.0. The minimum atomic E-state index is -3.84. The van der Waals surface area contributed by atoms with Crippen LogP contribution in [-0.2, 0) is 16.4 Å². The first kappa shape index (κ1) is 17.0.